The molecule has 1 unspecified atom stereocenters. The van der Waals surface area contributed by atoms with Crippen molar-refractivity contribution in [3.8, 4) is 5.88 Å². The smallest absolute Gasteiger partial charge is 0.240 e. The molecule has 0 aromatic carbocycles. The first-order valence-electron chi connectivity index (χ1n) is 4.91. The van der Waals surface area contributed by atoms with Crippen LogP contribution in [0, 0.1) is 6.92 Å². The van der Waals surface area contributed by atoms with Crippen molar-refractivity contribution >= 4 is 16.0 Å². The number of hydrogen-bond acceptors (Lipinski definition) is 6. The fourth-order valence-electron chi connectivity index (χ4n) is 1.02. The first kappa shape index (κ1) is 13.7. The van der Waals surface area contributed by atoms with Crippen LogP contribution in [0.3, 0.4) is 0 Å². The monoisotopic (exact) mass is 261 g/mol. The highest BCUT2D eigenvalue weighted by molar-refractivity contribution is 7.93. The Morgan fingerprint density at radius 2 is 2.18 bits per heavy atom. The summed E-state index contributed by atoms with van der Waals surface area (Å²) in [6.45, 7) is 2.60. The first-order chi connectivity index (χ1) is 7.89. The number of anilines is 1. The lowest BCUT2D eigenvalue weighted by molar-refractivity contribution is 0.296. The molecule has 2 N–H and O–H groups in total. The van der Waals surface area contributed by atoms with Gasteiger partial charge >= 0.3 is 0 Å². The Bertz CT molecular complexity index is 489. The van der Waals surface area contributed by atoms with E-state index in [0.717, 1.165) is 0 Å². The summed E-state index contributed by atoms with van der Waals surface area (Å²) in [7, 11) is -2.26. The Morgan fingerprint density at radius 1 is 1.53 bits per heavy atom. The largest absolute Gasteiger partial charge is 0.481 e. The van der Waals surface area contributed by atoms with Gasteiger partial charge in [-0.05, 0) is 13.8 Å². The Balaban J connectivity index is 2.99. The minimum Gasteiger partial charge on any atom is -0.481 e. The quantitative estimate of drug-likeness (QED) is 0.768. The van der Waals surface area contributed by atoms with Crippen molar-refractivity contribution in [2.45, 2.75) is 19.1 Å². The average Bonchev–Trinajstić information content (AvgIpc) is 2.26. The van der Waals surface area contributed by atoms with Gasteiger partial charge in [0.1, 0.15) is 5.25 Å². The maximum absolute atomic E-state index is 11.6. The predicted molar refractivity (Wildman–Crippen MR) is 62.4 cm³/mol. The van der Waals surface area contributed by atoms with Crippen LogP contribution in [0.5, 0.6) is 5.88 Å². The van der Waals surface area contributed by atoms with Crippen LogP contribution < -0.4 is 9.46 Å². The van der Waals surface area contributed by atoms with Crippen molar-refractivity contribution in [3.63, 3.8) is 0 Å². The topological polar surface area (TPSA) is 101 Å². The van der Waals surface area contributed by atoms with E-state index in [4.69, 9.17) is 9.84 Å². The third-order valence-corrected chi connectivity index (χ3v) is 3.74. The van der Waals surface area contributed by atoms with Crippen LogP contribution in [0.4, 0.5) is 5.95 Å². The summed E-state index contributed by atoms with van der Waals surface area (Å²) in [5.74, 6) is 0.203. The summed E-state index contributed by atoms with van der Waals surface area (Å²) < 4.78 is 30.4. The number of rotatable bonds is 5. The Morgan fingerprint density at radius 3 is 2.71 bits per heavy atom. The van der Waals surface area contributed by atoms with Gasteiger partial charge in [0.05, 0.1) is 13.7 Å². The molecular weight excluding hydrogens is 246 g/mol. The molecule has 0 aliphatic carbocycles. The molecule has 0 amide bonds. The number of nitrogens with zero attached hydrogens (tertiary/aromatic N) is 2. The lowest BCUT2D eigenvalue weighted by Crippen LogP contribution is -2.29. The van der Waals surface area contributed by atoms with Crippen LogP contribution in [0.15, 0.2) is 6.07 Å². The normalized spacial score (nSPS) is 13.2. The van der Waals surface area contributed by atoms with Gasteiger partial charge in [-0.25, -0.2) is 13.4 Å². The molecule has 96 valence electrons. The third-order valence-electron chi connectivity index (χ3n) is 2.06. The number of aliphatic hydroxyl groups is 1. The fraction of sp³-hybridized carbons (Fsp3) is 0.556. The Hall–Kier alpha value is -1.41. The fourth-order valence-corrected chi connectivity index (χ4v) is 1.76. The molecule has 1 heterocycles. The molecule has 0 saturated heterocycles. The van der Waals surface area contributed by atoms with E-state index in [-0.39, 0.29) is 11.8 Å². The third kappa shape index (κ3) is 3.53. The number of aryl methyl sites for hydroxylation is 1. The predicted octanol–water partition coefficient (Wildman–Crippen LogP) is -0.0839. The van der Waals surface area contributed by atoms with E-state index < -0.39 is 21.9 Å². The minimum atomic E-state index is -3.69. The van der Waals surface area contributed by atoms with Crippen LogP contribution >= 0.6 is 0 Å². The van der Waals surface area contributed by atoms with Crippen LogP contribution in [0.1, 0.15) is 12.6 Å². The van der Waals surface area contributed by atoms with Crippen molar-refractivity contribution in [2.75, 3.05) is 18.4 Å². The van der Waals surface area contributed by atoms with E-state index in [2.05, 4.69) is 14.7 Å². The van der Waals surface area contributed by atoms with Gasteiger partial charge in [0, 0.05) is 11.8 Å². The van der Waals surface area contributed by atoms with Gasteiger partial charge in [0.25, 0.3) is 0 Å². The SMILES string of the molecule is COc1cc(C)nc(NS(=O)(=O)C(C)CO)n1. The van der Waals surface area contributed by atoms with Crippen LogP contribution in [-0.4, -0.2) is 42.5 Å². The number of methoxy groups -OCH3 is 1. The maximum atomic E-state index is 11.6. The molecule has 8 heteroatoms. The molecular formula is C9H15N3O4S. The maximum Gasteiger partial charge on any atom is 0.240 e. The second-order valence-corrected chi connectivity index (χ2v) is 5.61. The Labute approximate surface area is 99.9 Å². The molecule has 0 fully saturated rings. The summed E-state index contributed by atoms with van der Waals surface area (Å²) in [6.07, 6.45) is 0. The summed E-state index contributed by atoms with van der Waals surface area (Å²) in [6, 6.07) is 1.58. The molecule has 0 radical (unpaired) electrons. The van der Waals surface area contributed by atoms with Gasteiger partial charge in [-0.3, -0.25) is 4.72 Å². The van der Waals surface area contributed by atoms with Crippen molar-refractivity contribution in [1.82, 2.24) is 9.97 Å². The molecule has 17 heavy (non-hydrogen) atoms. The highest BCUT2D eigenvalue weighted by Gasteiger charge is 2.21. The van der Waals surface area contributed by atoms with E-state index in [1.54, 1.807) is 13.0 Å². The van der Waals surface area contributed by atoms with Gasteiger partial charge in [-0.15, -0.1) is 0 Å². The lowest BCUT2D eigenvalue weighted by atomic mass is 10.4. The summed E-state index contributed by atoms with van der Waals surface area (Å²) in [5, 5.41) is 7.89. The molecule has 0 bridgehead atoms. The second kappa shape index (κ2) is 5.28. The number of hydrogen-bond donors (Lipinski definition) is 2. The standard InChI is InChI=1S/C9H15N3O4S/c1-6-4-8(16-3)11-9(10-6)12-17(14,15)7(2)5-13/h4,7,13H,5H2,1-3H3,(H,10,11,12). The van der Waals surface area contributed by atoms with E-state index in [1.807, 2.05) is 0 Å². The number of aromatic nitrogens is 2. The van der Waals surface area contributed by atoms with Crippen LogP contribution in [-0.2, 0) is 10.0 Å². The minimum absolute atomic E-state index is 0.0675. The van der Waals surface area contributed by atoms with Crippen LogP contribution in [0.25, 0.3) is 0 Å². The first-order valence-corrected chi connectivity index (χ1v) is 6.46. The van der Waals surface area contributed by atoms with Crippen molar-refractivity contribution in [2.24, 2.45) is 0 Å². The average molecular weight is 261 g/mol. The van der Waals surface area contributed by atoms with E-state index in [9.17, 15) is 8.42 Å². The number of sulfonamides is 1. The molecule has 0 aliphatic heterocycles. The number of nitrogens with one attached hydrogen (secondary N) is 1. The molecule has 1 atom stereocenters. The van der Waals surface area contributed by atoms with Crippen LogP contribution in [0.2, 0.25) is 0 Å². The molecule has 7 nitrogen and oxygen atoms in total. The van der Waals surface area contributed by atoms with Gasteiger partial charge < -0.3 is 9.84 Å². The zero-order chi connectivity index (χ0) is 13.1. The highest BCUT2D eigenvalue weighted by atomic mass is 32.2. The molecule has 0 saturated carbocycles. The summed E-state index contributed by atoms with van der Waals surface area (Å²) in [5.41, 5.74) is 0.575. The van der Waals surface area contributed by atoms with Gasteiger partial charge in [-0.1, -0.05) is 0 Å². The summed E-state index contributed by atoms with van der Waals surface area (Å²) >= 11 is 0. The van der Waals surface area contributed by atoms with E-state index >= 15 is 0 Å². The van der Waals surface area contributed by atoms with Gasteiger partial charge in [-0.2, -0.15) is 4.98 Å². The second-order valence-electron chi connectivity index (χ2n) is 3.52. The van der Waals surface area contributed by atoms with Crippen molar-refractivity contribution < 1.29 is 18.3 Å². The van der Waals surface area contributed by atoms with Gasteiger partial charge in [0.15, 0.2) is 0 Å². The molecule has 0 aliphatic rings. The molecule has 0 spiro atoms. The zero-order valence-corrected chi connectivity index (χ0v) is 10.7. The van der Waals surface area contributed by atoms with Crippen molar-refractivity contribution in [3.05, 3.63) is 11.8 Å². The van der Waals surface area contributed by atoms with E-state index in [1.165, 1.54) is 14.0 Å². The number of ether oxygens (including phenoxy) is 1. The highest BCUT2D eigenvalue weighted by Crippen LogP contribution is 2.13. The van der Waals surface area contributed by atoms with Gasteiger partial charge in [0.2, 0.25) is 21.9 Å². The Kier molecular flexibility index (Phi) is 4.24. The van der Waals surface area contributed by atoms with Crippen molar-refractivity contribution in [1.29, 1.82) is 0 Å². The zero-order valence-electron chi connectivity index (χ0n) is 9.84. The molecule has 1 aromatic heterocycles. The van der Waals surface area contributed by atoms with E-state index in [0.29, 0.717) is 5.69 Å². The summed E-state index contributed by atoms with van der Waals surface area (Å²) in [4.78, 5) is 7.77. The lowest BCUT2D eigenvalue weighted by Gasteiger charge is -2.11. The molecule has 1 aromatic rings. The number of aliphatic hydroxyl groups excluding tert-OH is 1. The molecule has 1 rings (SSSR count).